The molecule has 1 aliphatic carbocycles. The number of carbonyl (C=O) groups is 1. The van der Waals surface area contributed by atoms with Crippen LogP contribution in [0.1, 0.15) is 31.2 Å². The summed E-state index contributed by atoms with van der Waals surface area (Å²) >= 11 is 1.85. The average molecular weight is 340 g/mol. The molecule has 1 aliphatic rings. The third-order valence-corrected chi connectivity index (χ3v) is 6.26. The van der Waals surface area contributed by atoms with Gasteiger partial charge in [-0.1, -0.05) is 67.4 Å². The first kappa shape index (κ1) is 17.1. The quantitative estimate of drug-likeness (QED) is 0.778. The Hall–Kier alpha value is -1.74. The number of aliphatic carboxylic acids is 1. The molecule has 1 N–H and O–H groups in total. The standard InChI is InChI=1S/C21H24O2S/c22-21(23)19-12-6-7-13-20(19)24-15-14-17-10-4-5-11-18(17)16-8-2-1-3-9-16/h1-5,8-11,19-20H,6-7,12-15H2,(H,22,23)/t19-,20+/m1/s1. The van der Waals surface area contributed by atoms with E-state index in [1.807, 2.05) is 17.8 Å². The van der Waals surface area contributed by atoms with Crippen LogP contribution in [0.25, 0.3) is 11.1 Å². The highest BCUT2D eigenvalue weighted by atomic mass is 32.2. The summed E-state index contributed by atoms with van der Waals surface area (Å²) in [5.74, 6) is 0.211. The number of rotatable bonds is 6. The van der Waals surface area contributed by atoms with Gasteiger partial charge in [-0.25, -0.2) is 0 Å². The topological polar surface area (TPSA) is 37.3 Å². The minimum Gasteiger partial charge on any atom is -0.481 e. The molecule has 0 heterocycles. The van der Waals surface area contributed by atoms with Crippen molar-refractivity contribution in [1.82, 2.24) is 0 Å². The van der Waals surface area contributed by atoms with Gasteiger partial charge in [-0.15, -0.1) is 0 Å². The van der Waals surface area contributed by atoms with E-state index in [0.29, 0.717) is 0 Å². The Balaban J connectivity index is 1.64. The van der Waals surface area contributed by atoms with Gasteiger partial charge in [-0.2, -0.15) is 11.8 Å². The molecule has 2 aromatic carbocycles. The zero-order valence-corrected chi connectivity index (χ0v) is 14.7. The second-order valence-electron chi connectivity index (χ2n) is 6.41. The van der Waals surface area contributed by atoms with Crippen molar-refractivity contribution in [2.45, 2.75) is 37.4 Å². The molecule has 0 amide bonds. The largest absolute Gasteiger partial charge is 0.481 e. The van der Waals surface area contributed by atoms with E-state index in [0.717, 1.165) is 31.4 Å². The molecule has 0 unspecified atom stereocenters. The van der Waals surface area contributed by atoms with E-state index in [4.69, 9.17) is 0 Å². The molecule has 2 atom stereocenters. The molecule has 126 valence electrons. The van der Waals surface area contributed by atoms with Crippen molar-refractivity contribution in [1.29, 1.82) is 0 Å². The summed E-state index contributed by atoms with van der Waals surface area (Å²) in [7, 11) is 0. The van der Waals surface area contributed by atoms with Crippen molar-refractivity contribution in [3.8, 4) is 11.1 Å². The highest BCUT2D eigenvalue weighted by Gasteiger charge is 2.30. The summed E-state index contributed by atoms with van der Waals surface area (Å²) in [4.78, 5) is 11.4. The summed E-state index contributed by atoms with van der Waals surface area (Å²) < 4.78 is 0. The summed E-state index contributed by atoms with van der Waals surface area (Å²) in [6.45, 7) is 0. The fraction of sp³-hybridized carbons (Fsp3) is 0.381. The van der Waals surface area contributed by atoms with Crippen LogP contribution in [0.5, 0.6) is 0 Å². The van der Waals surface area contributed by atoms with Crippen molar-refractivity contribution in [3.63, 3.8) is 0 Å². The van der Waals surface area contributed by atoms with E-state index < -0.39 is 5.97 Å². The van der Waals surface area contributed by atoms with Crippen LogP contribution in [0.4, 0.5) is 0 Å². The lowest BCUT2D eigenvalue weighted by molar-refractivity contribution is -0.142. The summed E-state index contributed by atoms with van der Waals surface area (Å²) in [5, 5.41) is 9.68. The number of thioether (sulfide) groups is 1. The Bertz CT molecular complexity index is 669. The summed E-state index contributed by atoms with van der Waals surface area (Å²) in [5.41, 5.74) is 3.88. The normalized spacial score (nSPS) is 20.7. The molecule has 0 radical (unpaired) electrons. The third-order valence-electron chi connectivity index (χ3n) is 4.83. The molecule has 3 rings (SSSR count). The maximum atomic E-state index is 11.4. The van der Waals surface area contributed by atoms with Crippen LogP contribution in [0, 0.1) is 5.92 Å². The molecule has 0 aliphatic heterocycles. The summed E-state index contributed by atoms with van der Waals surface area (Å²) in [6.07, 6.45) is 5.10. The Kier molecular flexibility index (Phi) is 5.97. The minimum atomic E-state index is -0.614. The molecule has 24 heavy (non-hydrogen) atoms. The maximum absolute atomic E-state index is 11.4. The van der Waals surface area contributed by atoms with E-state index in [1.165, 1.54) is 23.1 Å². The number of hydrogen-bond donors (Lipinski definition) is 1. The second kappa shape index (κ2) is 8.39. The van der Waals surface area contributed by atoms with Gasteiger partial charge in [0.15, 0.2) is 0 Å². The summed E-state index contributed by atoms with van der Waals surface area (Å²) in [6, 6.07) is 19.0. The number of aryl methyl sites for hydroxylation is 1. The van der Waals surface area contributed by atoms with Crippen molar-refractivity contribution in [2.75, 3.05) is 5.75 Å². The molecular weight excluding hydrogens is 316 g/mol. The van der Waals surface area contributed by atoms with Crippen LogP contribution in [0.2, 0.25) is 0 Å². The van der Waals surface area contributed by atoms with Gasteiger partial charge in [0.05, 0.1) is 5.92 Å². The predicted octanol–water partition coefficient (Wildman–Crippen LogP) is 5.27. The van der Waals surface area contributed by atoms with Gasteiger partial charge in [0.2, 0.25) is 0 Å². The van der Waals surface area contributed by atoms with Gasteiger partial charge in [-0.3, -0.25) is 4.79 Å². The maximum Gasteiger partial charge on any atom is 0.307 e. The first-order valence-electron chi connectivity index (χ1n) is 8.73. The van der Waals surface area contributed by atoms with Gasteiger partial charge >= 0.3 is 5.97 Å². The highest BCUT2D eigenvalue weighted by molar-refractivity contribution is 7.99. The predicted molar refractivity (Wildman–Crippen MR) is 101 cm³/mol. The molecule has 0 spiro atoms. The van der Waals surface area contributed by atoms with Gasteiger partial charge in [0.1, 0.15) is 0 Å². The molecule has 3 heteroatoms. The Morgan fingerprint density at radius 3 is 2.50 bits per heavy atom. The molecule has 1 saturated carbocycles. The lowest BCUT2D eigenvalue weighted by atomic mass is 9.89. The first-order chi connectivity index (χ1) is 11.8. The monoisotopic (exact) mass is 340 g/mol. The van der Waals surface area contributed by atoms with Crippen LogP contribution >= 0.6 is 11.8 Å². The molecule has 1 fully saturated rings. The average Bonchev–Trinajstić information content (AvgIpc) is 2.63. The number of carboxylic acids is 1. The van der Waals surface area contributed by atoms with Crippen LogP contribution in [-0.4, -0.2) is 22.1 Å². The molecule has 0 bridgehead atoms. The van der Waals surface area contributed by atoms with Crippen molar-refractivity contribution >= 4 is 17.7 Å². The van der Waals surface area contributed by atoms with Gasteiger partial charge in [-0.05, 0) is 41.7 Å². The van der Waals surface area contributed by atoms with E-state index in [1.54, 1.807) is 0 Å². The van der Waals surface area contributed by atoms with Gasteiger partial charge in [0, 0.05) is 5.25 Å². The lowest BCUT2D eigenvalue weighted by Gasteiger charge is -2.28. The third kappa shape index (κ3) is 4.21. The Morgan fingerprint density at radius 1 is 1.00 bits per heavy atom. The van der Waals surface area contributed by atoms with Crippen LogP contribution in [0.15, 0.2) is 54.6 Å². The van der Waals surface area contributed by atoms with Gasteiger partial charge < -0.3 is 5.11 Å². The SMILES string of the molecule is O=C(O)[C@@H]1CCCC[C@@H]1SCCc1ccccc1-c1ccccc1. The molecule has 2 aromatic rings. The molecule has 0 aromatic heterocycles. The van der Waals surface area contributed by atoms with Gasteiger partial charge in [0.25, 0.3) is 0 Å². The highest BCUT2D eigenvalue weighted by Crippen LogP contribution is 2.34. The molecule has 2 nitrogen and oxygen atoms in total. The second-order valence-corrected chi connectivity index (χ2v) is 7.76. The minimum absolute atomic E-state index is 0.159. The van der Waals surface area contributed by atoms with E-state index in [-0.39, 0.29) is 11.2 Å². The fourth-order valence-corrected chi connectivity index (χ4v) is 5.00. The lowest BCUT2D eigenvalue weighted by Crippen LogP contribution is -2.29. The molecule has 0 saturated heterocycles. The van der Waals surface area contributed by atoms with Crippen LogP contribution in [0.3, 0.4) is 0 Å². The van der Waals surface area contributed by atoms with E-state index in [9.17, 15) is 9.90 Å². The van der Waals surface area contributed by atoms with Crippen LogP contribution in [-0.2, 0) is 11.2 Å². The van der Waals surface area contributed by atoms with E-state index in [2.05, 4.69) is 48.5 Å². The fourth-order valence-electron chi connectivity index (χ4n) is 3.54. The number of benzene rings is 2. The van der Waals surface area contributed by atoms with Crippen LogP contribution < -0.4 is 0 Å². The molecular formula is C21H24O2S. The Labute approximate surface area is 148 Å². The van der Waals surface area contributed by atoms with E-state index >= 15 is 0 Å². The Morgan fingerprint density at radius 2 is 1.71 bits per heavy atom. The van der Waals surface area contributed by atoms with Crippen molar-refractivity contribution < 1.29 is 9.90 Å². The zero-order valence-electron chi connectivity index (χ0n) is 13.9. The van der Waals surface area contributed by atoms with Crippen molar-refractivity contribution in [3.05, 3.63) is 60.2 Å². The first-order valence-corrected chi connectivity index (χ1v) is 9.78. The number of hydrogen-bond acceptors (Lipinski definition) is 2. The smallest absolute Gasteiger partial charge is 0.307 e. The van der Waals surface area contributed by atoms with Crippen molar-refractivity contribution in [2.24, 2.45) is 5.92 Å². The number of carboxylic acid groups (broad SMARTS) is 1. The zero-order chi connectivity index (χ0) is 16.8.